The average molecular weight is 1160 g/mol. The minimum Gasteiger partial charge on any atom is -0.462 e. The zero-order chi connectivity index (χ0) is 59.8. The van der Waals surface area contributed by atoms with Crippen molar-refractivity contribution in [2.45, 2.75) is 373 Å². The molecule has 0 aliphatic rings. The largest absolute Gasteiger partial charge is 0.462 e. The van der Waals surface area contributed by atoms with Crippen molar-refractivity contribution >= 4 is 11.9 Å². The van der Waals surface area contributed by atoms with Crippen LogP contribution in [-0.4, -0.2) is 36.4 Å². The summed E-state index contributed by atoms with van der Waals surface area (Å²) in [5.41, 5.74) is 0. The normalized spacial score (nSPS) is 12.8. The van der Waals surface area contributed by atoms with Crippen molar-refractivity contribution in [3.05, 3.63) is 97.2 Å². The predicted molar refractivity (Wildman–Crippen MR) is 366 cm³/mol. The lowest BCUT2D eigenvalue weighted by Crippen LogP contribution is -2.28. The quantitative estimate of drug-likeness (QED) is 0.0373. The molecule has 0 amide bonds. The van der Waals surface area contributed by atoms with Crippen LogP contribution < -0.4 is 0 Å². The fraction of sp³-hybridized carbons (Fsp3) is 0.769. The number of aliphatic hydroxyl groups is 1. The van der Waals surface area contributed by atoms with Crippen molar-refractivity contribution in [1.29, 1.82) is 0 Å². The third-order valence-electron chi connectivity index (χ3n) is 16.1. The number of allylic oxidation sites excluding steroid dienone is 16. The number of ether oxygens (including phenoxy) is 2. The summed E-state index contributed by atoms with van der Waals surface area (Å²) in [7, 11) is 0. The Bertz CT molecular complexity index is 1550. The number of rotatable bonds is 67. The smallest absolute Gasteiger partial charge is 0.306 e. The number of esters is 2. The SMILES string of the molecule is CC/C=C\C/C=C\C/C=C\C/C=C\C/C=C\C/C=C\C/C=C\C/C=C\CCCCCCCCCCC(=O)OC(CO)COC(=O)CCCCCCCCCCCCCCCCCCCCCCCCCCCCCCCCCCCCCC. The van der Waals surface area contributed by atoms with Gasteiger partial charge in [0.2, 0.25) is 0 Å². The van der Waals surface area contributed by atoms with Gasteiger partial charge in [-0.3, -0.25) is 9.59 Å². The van der Waals surface area contributed by atoms with E-state index in [0.717, 1.165) is 96.3 Å². The molecule has 0 saturated heterocycles. The van der Waals surface area contributed by atoms with Crippen LogP contribution in [0.15, 0.2) is 97.2 Å². The number of carbonyl (C=O) groups is 2. The van der Waals surface area contributed by atoms with Gasteiger partial charge in [0.25, 0.3) is 0 Å². The summed E-state index contributed by atoms with van der Waals surface area (Å²) in [5.74, 6) is -0.589. The van der Waals surface area contributed by atoms with E-state index in [4.69, 9.17) is 9.47 Å². The predicted octanol–water partition coefficient (Wildman–Crippen LogP) is 25.4. The van der Waals surface area contributed by atoms with Crippen molar-refractivity contribution < 1.29 is 24.2 Å². The first-order chi connectivity index (χ1) is 41.1. The molecule has 5 nitrogen and oxygen atoms in total. The molecule has 0 aromatic heterocycles. The number of carbonyl (C=O) groups excluding carboxylic acids is 2. The van der Waals surface area contributed by atoms with Crippen molar-refractivity contribution in [2.75, 3.05) is 13.2 Å². The molecule has 0 radical (unpaired) electrons. The number of hydrogen-bond acceptors (Lipinski definition) is 5. The van der Waals surface area contributed by atoms with Gasteiger partial charge in [-0.25, -0.2) is 0 Å². The van der Waals surface area contributed by atoms with Crippen LogP contribution in [0, 0.1) is 0 Å². The molecule has 0 fully saturated rings. The van der Waals surface area contributed by atoms with E-state index in [1.807, 2.05) is 0 Å². The molecule has 480 valence electrons. The zero-order valence-electron chi connectivity index (χ0n) is 55.2. The molecule has 0 bridgehead atoms. The van der Waals surface area contributed by atoms with E-state index in [1.165, 1.54) is 244 Å². The molecule has 0 rings (SSSR count). The maximum atomic E-state index is 12.4. The summed E-state index contributed by atoms with van der Waals surface area (Å²) >= 11 is 0. The van der Waals surface area contributed by atoms with Crippen molar-refractivity contribution in [2.24, 2.45) is 0 Å². The van der Waals surface area contributed by atoms with Crippen LogP contribution in [0.5, 0.6) is 0 Å². The van der Waals surface area contributed by atoms with E-state index >= 15 is 0 Å². The van der Waals surface area contributed by atoms with E-state index in [9.17, 15) is 14.7 Å². The van der Waals surface area contributed by atoms with Crippen molar-refractivity contribution in [3.8, 4) is 0 Å². The van der Waals surface area contributed by atoms with Crippen molar-refractivity contribution in [1.82, 2.24) is 0 Å². The van der Waals surface area contributed by atoms with Gasteiger partial charge < -0.3 is 14.6 Å². The van der Waals surface area contributed by atoms with Crippen LogP contribution in [-0.2, 0) is 19.1 Å². The molecular formula is C78H138O5. The first-order valence-electron chi connectivity index (χ1n) is 36.3. The summed E-state index contributed by atoms with van der Waals surface area (Å²) in [5, 5.41) is 9.71. The number of hydrogen-bond donors (Lipinski definition) is 1. The lowest BCUT2D eigenvalue weighted by Gasteiger charge is -2.15. The average Bonchev–Trinajstić information content (AvgIpc) is 3.49. The topological polar surface area (TPSA) is 72.8 Å². The Morgan fingerprint density at radius 1 is 0.289 bits per heavy atom. The molecule has 0 aromatic carbocycles. The molecule has 0 aliphatic carbocycles. The maximum Gasteiger partial charge on any atom is 0.306 e. The second kappa shape index (κ2) is 73.1. The zero-order valence-corrected chi connectivity index (χ0v) is 55.2. The molecule has 0 spiro atoms. The van der Waals surface area contributed by atoms with Gasteiger partial charge >= 0.3 is 11.9 Å². The number of unbranched alkanes of at least 4 members (excludes halogenated alkanes) is 43. The molecular weight excluding hydrogens is 1020 g/mol. The van der Waals surface area contributed by atoms with E-state index < -0.39 is 6.10 Å². The molecule has 1 unspecified atom stereocenters. The van der Waals surface area contributed by atoms with Crippen LogP contribution in [0.4, 0.5) is 0 Å². The van der Waals surface area contributed by atoms with E-state index in [0.29, 0.717) is 12.8 Å². The first kappa shape index (κ1) is 79.8. The Labute approximate surface area is 517 Å². The Hall–Kier alpha value is -3.18. The molecule has 1 N–H and O–H groups in total. The van der Waals surface area contributed by atoms with Crippen LogP contribution >= 0.6 is 0 Å². The van der Waals surface area contributed by atoms with Crippen LogP contribution in [0.1, 0.15) is 367 Å². The van der Waals surface area contributed by atoms with Gasteiger partial charge in [0.1, 0.15) is 6.61 Å². The van der Waals surface area contributed by atoms with Crippen LogP contribution in [0.3, 0.4) is 0 Å². The minimum absolute atomic E-state index is 0.0701. The van der Waals surface area contributed by atoms with E-state index in [2.05, 4.69) is 111 Å². The monoisotopic (exact) mass is 1160 g/mol. The fourth-order valence-electron chi connectivity index (χ4n) is 10.8. The summed E-state index contributed by atoms with van der Waals surface area (Å²) in [6.07, 6.45) is 105. The lowest BCUT2D eigenvalue weighted by molar-refractivity contribution is -0.161. The second-order valence-electron chi connectivity index (χ2n) is 24.3. The lowest BCUT2D eigenvalue weighted by atomic mass is 10.0. The first-order valence-corrected chi connectivity index (χ1v) is 36.3. The van der Waals surface area contributed by atoms with Crippen LogP contribution in [0.2, 0.25) is 0 Å². The van der Waals surface area contributed by atoms with Gasteiger partial charge in [0.05, 0.1) is 6.61 Å². The Balaban J connectivity index is 3.46. The highest BCUT2D eigenvalue weighted by Crippen LogP contribution is 2.19. The van der Waals surface area contributed by atoms with E-state index in [1.54, 1.807) is 0 Å². The third-order valence-corrected chi connectivity index (χ3v) is 16.1. The molecule has 0 aliphatic heterocycles. The maximum absolute atomic E-state index is 12.4. The summed E-state index contributed by atoms with van der Waals surface area (Å²) in [6, 6.07) is 0. The second-order valence-corrected chi connectivity index (χ2v) is 24.3. The van der Waals surface area contributed by atoms with Gasteiger partial charge in [-0.1, -0.05) is 374 Å². The summed E-state index contributed by atoms with van der Waals surface area (Å²) < 4.78 is 10.8. The van der Waals surface area contributed by atoms with Gasteiger partial charge in [0.15, 0.2) is 6.10 Å². The van der Waals surface area contributed by atoms with Crippen molar-refractivity contribution in [3.63, 3.8) is 0 Å². The van der Waals surface area contributed by atoms with Gasteiger partial charge in [-0.15, -0.1) is 0 Å². The Morgan fingerprint density at radius 2 is 0.518 bits per heavy atom. The van der Waals surface area contributed by atoms with Crippen LogP contribution in [0.25, 0.3) is 0 Å². The Kier molecular flexibility index (Phi) is 70.3. The highest BCUT2D eigenvalue weighted by Gasteiger charge is 2.16. The highest BCUT2D eigenvalue weighted by atomic mass is 16.6. The molecule has 5 heteroatoms. The van der Waals surface area contributed by atoms with Gasteiger partial charge in [-0.05, 0) is 77.0 Å². The Morgan fingerprint density at radius 3 is 0.783 bits per heavy atom. The minimum atomic E-state index is -0.783. The van der Waals surface area contributed by atoms with E-state index in [-0.39, 0.29) is 25.2 Å². The number of aliphatic hydroxyl groups excluding tert-OH is 1. The molecule has 0 aromatic rings. The molecule has 0 saturated carbocycles. The summed E-state index contributed by atoms with van der Waals surface area (Å²) in [6.45, 7) is 4.06. The standard InChI is InChI=1S/C78H138O5/c1-3-5-7-9-11-13-15-17-19-21-23-25-27-29-31-33-35-37-38-39-41-42-44-46-48-50-52-54-56-58-60-62-64-66-68-70-72-77(80)82-75-76(74-79)83-78(81)73-71-69-67-65-63-61-59-57-55-53-51-49-47-45-43-40-36-34-32-30-28-26-24-22-20-18-16-14-12-10-8-6-4-2/h6,8,12,14,18,20,24,26,30,32,36,40,45,47,51,53,76,79H,3-5,7,9-11,13,15-17,19,21-23,25,27-29,31,33-35,37-39,41-44,46,48-50,52,54-75H2,1-2H3/b8-6-,14-12-,20-18-,26-24-,32-30-,40-36-,47-45-,53-51-. The molecule has 83 heavy (non-hydrogen) atoms. The third kappa shape index (κ3) is 71.2. The highest BCUT2D eigenvalue weighted by molar-refractivity contribution is 5.70. The molecule has 1 atom stereocenters. The summed E-state index contributed by atoms with van der Waals surface area (Å²) in [4.78, 5) is 24.7. The van der Waals surface area contributed by atoms with Gasteiger partial charge in [0, 0.05) is 12.8 Å². The van der Waals surface area contributed by atoms with Gasteiger partial charge in [-0.2, -0.15) is 0 Å². The molecule has 0 heterocycles. The fourth-order valence-corrected chi connectivity index (χ4v) is 10.8.